The molecule has 0 aliphatic rings. The molecule has 1 atom stereocenters. The molecule has 18 heavy (non-hydrogen) atoms. The first-order valence-corrected chi connectivity index (χ1v) is 6.98. The van der Waals surface area contributed by atoms with E-state index in [0.717, 1.165) is 6.42 Å². The summed E-state index contributed by atoms with van der Waals surface area (Å²) in [4.78, 5) is 0. The fourth-order valence-electron chi connectivity index (χ4n) is 2.57. The van der Waals surface area contributed by atoms with Gasteiger partial charge in [0.25, 0.3) is 0 Å². The van der Waals surface area contributed by atoms with Crippen molar-refractivity contribution < 1.29 is 0 Å². The van der Waals surface area contributed by atoms with Crippen LogP contribution in [0.5, 0.6) is 0 Å². The molecule has 96 valence electrons. The van der Waals surface area contributed by atoms with Crippen molar-refractivity contribution in [1.29, 1.82) is 0 Å². The molecule has 2 rings (SSSR count). The fraction of sp³-hybridized carbons (Fsp3) is 0.412. The zero-order valence-corrected chi connectivity index (χ0v) is 11.4. The Bertz CT molecular complexity index is 516. The molecule has 0 bridgehead atoms. The van der Waals surface area contributed by atoms with E-state index in [0.29, 0.717) is 0 Å². The number of fused-ring (bicyclic) bond motifs is 1. The molecule has 0 amide bonds. The summed E-state index contributed by atoms with van der Waals surface area (Å²) in [6.07, 6.45) is 4.83. The minimum atomic E-state index is 0.169. The van der Waals surface area contributed by atoms with E-state index in [4.69, 9.17) is 5.73 Å². The summed E-state index contributed by atoms with van der Waals surface area (Å²) in [5.74, 6) is 0. The standard InChI is InChI=1S/C17H23N/c1-3-4-5-10-17(18)16-12-11-13(2)14-8-6-7-9-15(14)16/h6-9,11-12,17H,3-5,10,18H2,1-2H3/t17-/m0/s1. The normalized spacial score (nSPS) is 12.8. The predicted octanol–water partition coefficient (Wildman–Crippen LogP) is 4.73. The number of unbranched alkanes of at least 4 members (excludes halogenated alkanes) is 2. The molecule has 0 spiro atoms. The summed E-state index contributed by atoms with van der Waals surface area (Å²) in [7, 11) is 0. The summed E-state index contributed by atoms with van der Waals surface area (Å²) in [6, 6.07) is 13.1. The van der Waals surface area contributed by atoms with Gasteiger partial charge in [0.05, 0.1) is 0 Å². The number of nitrogens with two attached hydrogens (primary N) is 1. The molecule has 2 aromatic rings. The topological polar surface area (TPSA) is 26.0 Å². The quantitative estimate of drug-likeness (QED) is 0.752. The molecule has 1 heteroatoms. The van der Waals surface area contributed by atoms with Crippen molar-refractivity contribution in [3.63, 3.8) is 0 Å². The van der Waals surface area contributed by atoms with Gasteiger partial charge in [-0.05, 0) is 35.2 Å². The first kappa shape index (κ1) is 13.1. The van der Waals surface area contributed by atoms with Gasteiger partial charge >= 0.3 is 0 Å². The minimum Gasteiger partial charge on any atom is -0.324 e. The Labute approximate surface area is 110 Å². The maximum atomic E-state index is 6.35. The molecule has 0 radical (unpaired) electrons. The average molecular weight is 241 g/mol. The first-order chi connectivity index (χ1) is 8.74. The van der Waals surface area contributed by atoms with E-state index in [1.807, 2.05) is 0 Å². The van der Waals surface area contributed by atoms with Crippen LogP contribution in [-0.2, 0) is 0 Å². The van der Waals surface area contributed by atoms with Crippen molar-refractivity contribution >= 4 is 10.8 Å². The van der Waals surface area contributed by atoms with Crippen molar-refractivity contribution in [2.75, 3.05) is 0 Å². The molecule has 2 N–H and O–H groups in total. The van der Waals surface area contributed by atoms with Crippen molar-refractivity contribution in [3.8, 4) is 0 Å². The highest BCUT2D eigenvalue weighted by molar-refractivity contribution is 5.88. The van der Waals surface area contributed by atoms with Crippen LogP contribution in [0.3, 0.4) is 0 Å². The molecule has 0 aliphatic carbocycles. The molecule has 0 aromatic heterocycles. The Kier molecular flexibility index (Phi) is 4.38. The third-order valence-electron chi connectivity index (χ3n) is 3.69. The molecular weight excluding hydrogens is 218 g/mol. The van der Waals surface area contributed by atoms with Crippen LogP contribution >= 0.6 is 0 Å². The van der Waals surface area contributed by atoms with Crippen LogP contribution < -0.4 is 5.73 Å². The molecule has 1 nitrogen and oxygen atoms in total. The maximum Gasteiger partial charge on any atom is 0.0301 e. The van der Waals surface area contributed by atoms with Gasteiger partial charge in [0, 0.05) is 6.04 Å². The first-order valence-electron chi connectivity index (χ1n) is 6.98. The van der Waals surface area contributed by atoms with Crippen molar-refractivity contribution in [1.82, 2.24) is 0 Å². The molecular formula is C17H23N. The fourth-order valence-corrected chi connectivity index (χ4v) is 2.57. The second-order valence-electron chi connectivity index (χ2n) is 5.12. The van der Waals surface area contributed by atoms with Crippen molar-refractivity contribution in [3.05, 3.63) is 47.5 Å². The molecule has 0 fully saturated rings. The number of hydrogen-bond donors (Lipinski definition) is 1. The van der Waals surface area contributed by atoms with Gasteiger partial charge < -0.3 is 5.73 Å². The third kappa shape index (κ3) is 2.73. The second-order valence-corrected chi connectivity index (χ2v) is 5.12. The van der Waals surface area contributed by atoms with E-state index in [-0.39, 0.29) is 6.04 Å². The van der Waals surface area contributed by atoms with Crippen LogP contribution in [0.25, 0.3) is 10.8 Å². The van der Waals surface area contributed by atoms with E-state index < -0.39 is 0 Å². The lowest BCUT2D eigenvalue weighted by Gasteiger charge is -2.15. The highest BCUT2D eigenvalue weighted by atomic mass is 14.6. The Morgan fingerprint density at radius 2 is 1.72 bits per heavy atom. The lowest BCUT2D eigenvalue weighted by atomic mass is 9.93. The molecule has 2 aromatic carbocycles. The Morgan fingerprint density at radius 3 is 2.44 bits per heavy atom. The van der Waals surface area contributed by atoms with Gasteiger partial charge in [-0.25, -0.2) is 0 Å². The largest absolute Gasteiger partial charge is 0.324 e. The number of rotatable bonds is 5. The summed E-state index contributed by atoms with van der Waals surface area (Å²) in [6.45, 7) is 4.39. The van der Waals surface area contributed by atoms with E-state index in [2.05, 4.69) is 50.2 Å². The zero-order chi connectivity index (χ0) is 13.0. The average Bonchev–Trinajstić information content (AvgIpc) is 2.39. The second kappa shape index (κ2) is 6.01. The number of aryl methyl sites for hydroxylation is 1. The molecule has 0 saturated carbocycles. The smallest absolute Gasteiger partial charge is 0.0301 e. The molecule has 0 aliphatic heterocycles. The highest BCUT2D eigenvalue weighted by Gasteiger charge is 2.10. The lowest BCUT2D eigenvalue weighted by molar-refractivity contribution is 0.584. The number of hydrogen-bond acceptors (Lipinski definition) is 1. The maximum absolute atomic E-state index is 6.35. The van der Waals surface area contributed by atoms with E-state index in [9.17, 15) is 0 Å². The van der Waals surface area contributed by atoms with Gasteiger partial charge in [-0.3, -0.25) is 0 Å². The SMILES string of the molecule is CCCCC[C@H](N)c1ccc(C)c2ccccc12. The summed E-state index contributed by atoms with van der Waals surface area (Å²) < 4.78 is 0. The van der Waals surface area contributed by atoms with Crippen LogP contribution in [0.2, 0.25) is 0 Å². The van der Waals surface area contributed by atoms with Crippen LogP contribution in [0.1, 0.15) is 49.8 Å². The van der Waals surface area contributed by atoms with Crippen LogP contribution in [0, 0.1) is 6.92 Å². The van der Waals surface area contributed by atoms with E-state index in [1.165, 1.54) is 41.2 Å². The van der Waals surface area contributed by atoms with Gasteiger partial charge in [0.2, 0.25) is 0 Å². The Hall–Kier alpha value is -1.34. The molecule has 0 unspecified atom stereocenters. The summed E-state index contributed by atoms with van der Waals surface area (Å²) in [5.41, 5.74) is 8.98. The van der Waals surface area contributed by atoms with Crippen molar-refractivity contribution in [2.24, 2.45) is 5.73 Å². The monoisotopic (exact) mass is 241 g/mol. The molecule has 0 saturated heterocycles. The Balaban J connectivity index is 2.30. The van der Waals surface area contributed by atoms with Gasteiger partial charge in [-0.1, -0.05) is 62.6 Å². The van der Waals surface area contributed by atoms with E-state index >= 15 is 0 Å². The van der Waals surface area contributed by atoms with Gasteiger partial charge in [-0.2, -0.15) is 0 Å². The summed E-state index contributed by atoms with van der Waals surface area (Å²) in [5, 5.41) is 2.66. The third-order valence-corrected chi connectivity index (χ3v) is 3.69. The van der Waals surface area contributed by atoms with Gasteiger partial charge in [0.15, 0.2) is 0 Å². The van der Waals surface area contributed by atoms with Crippen LogP contribution in [0.4, 0.5) is 0 Å². The predicted molar refractivity (Wildman–Crippen MR) is 79.8 cm³/mol. The number of benzene rings is 2. The van der Waals surface area contributed by atoms with Crippen LogP contribution in [-0.4, -0.2) is 0 Å². The van der Waals surface area contributed by atoms with Crippen molar-refractivity contribution in [2.45, 2.75) is 45.6 Å². The van der Waals surface area contributed by atoms with Gasteiger partial charge in [-0.15, -0.1) is 0 Å². The molecule has 0 heterocycles. The lowest BCUT2D eigenvalue weighted by Crippen LogP contribution is -2.10. The minimum absolute atomic E-state index is 0.169. The van der Waals surface area contributed by atoms with Gasteiger partial charge in [0.1, 0.15) is 0 Å². The Morgan fingerprint density at radius 1 is 1.00 bits per heavy atom. The highest BCUT2D eigenvalue weighted by Crippen LogP contribution is 2.28. The zero-order valence-electron chi connectivity index (χ0n) is 11.4. The summed E-state index contributed by atoms with van der Waals surface area (Å²) >= 11 is 0. The van der Waals surface area contributed by atoms with E-state index in [1.54, 1.807) is 0 Å². The van der Waals surface area contributed by atoms with Crippen LogP contribution in [0.15, 0.2) is 36.4 Å².